The van der Waals surface area contributed by atoms with Gasteiger partial charge in [-0.05, 0) is 35.7 Å². The van der Waals surface area contributed by atoms with E-state index in [1.807, 2.05) is 25.1 Å². The van der Waals surface area contributed by atoms with Gasteiger partial charge in [0.2, 0.25) is 5.56 Å². The molecule has 0 aliphatic carbocycles. The van der Waals surface area contributed by atoms with Crippen molar-refractivity contribution in [3.05, 3.63) is 57.5 Å². The zero-order valence-corrected chi connectivity index (χ0v) is 9.01. The third-order valence-corrected chi connectivity index (χ3v) is 2.77. The van der Waals surface area contributed by atoms with E-state index in [9.17, 15) is 4.79 Å². The Morgan fingerprint density at radius 2 is 2.00 bits per heavy atom. The van der Waals surface area contributed by atoms with Gasteiger partial charge in [0, 0.05) is 17.3 Å². The molecular weight excluding hydrogens is 210 g/mol. The van der Waals surface area contributed by atoms with Gasteiger partial charge in [0.15, 0.2) is 0 Å². The summed E-state index contributed by atoms with van der Waals surface area (Å²) in [5.41, 5.74) is 2.93. The van der Waals surface area contributed by atoms with Gasteiger partial charge in [-0.2, -0.15) is 0 Å². The van der Waals surface area contributed by atoms with Crippen LogP contribution in [-0.2, 0) is 0 Å². The van der Waals surface area contributed by atoms with Gasteiger partial charge < -0.3 is 4.98 Å². The quantitative estimate of drug-likeness (QED) is 0.786. The lowest BCUT2D eigenvalue weighted by atomic mass is 10.0. The number of hydrogen-bond acceptors (Lipinski definition) is 1. The Labute approximate surface area is 92.5 Å². The second-order valence-electron chi connectivity index (χ2n) is 3.35. The van der Waals surface area contributed by atoms with Crippen molar-refractivity contribution in [2.75, 3.05) is 0 Å². The molecule has 0 atom stereocenters. The highest BCUT2D eigenvalue weighted by atomic mass is 35.5. The summed E-state index contributed by atoms with van der Waals surface area (Å²) in [4.78, 5) is 13.6. The molecule has 3 heteroatoms. The molecule has 0 radical (unpaired) electrons. The van der Waals surface area contributed by atoms with Gasteiger partial charge in [0.25, 0.3) is 0 Å². The monoisotopic (exact) mass is 219 g/mol. The molecule has 2 nitrogen and oxygen atoms in total. The topological polar surface area (TPSA) is 32.9 Å². The number of nitrogens with one attached hydrogen (secondary N) is 1. The molecule has 15 heavy (non-hydrogen) atoms. The van der Waals surface area contributed by atoms with Crippen LogP contribution in [0.4, 0.5) is 0 Å². The number of hydrogen-bond donors (Lipinski definition) is 1. The number of aromatic nitrogens is 1. The first kappa shape index (κ1) is 9.99. The lowest BCUT2D eigenvalue weighted by Gasteiger charge is -2.06. The summed E-state index contributed by atoms with van der Waals surface area (Å²) in [5.74, 6) is 0. The lowest BCUT2D eigenvalue weighted by Crippen LogP contribution is -2.01. The summed E-state index contributed by atoms with van der Waals surface area (Å²) in [6.45, 7) is 1.96. The van der Waals surface area contributed by atoms with Gasteiger partial charge in [-0.25, -0.2) is 0 Å². The maximum absolute atomic E-state index is 10.9. The summed E-state index contributed by atoms with van der Waals surface area (Å²) in [6, 6.07) is 9.03. The second kappa shape index (κ2) is 3.91. The summed E-state index contributed by atoms with van der Waals surface area (Å²) in [5, 5.41) is 0.735. The second-order valence-corrected chi connectivity index (χ2v) is 3.76. The molecule has 0 spiro atoms. The summed E-state index contributed by atoms with van der Waals surface area (Å²) in [7, 11) is 0. The zero-order valence-electron chi connectivity index (χ0n) is 8.25. The van der Waals surface area contributed by atoms with E-state index in [1.54, 1.807) is 12.3 Å². The minimum atomic E-state index is -0.0987. The van der Waals surface area contributed by atoms with Crippen LogP contribution >= 0.6 is 11.6 Å². The Kier molecular flexibility index (Phi) is 2.60. The molecule has 0 saturated carbocycles. The van der Waals surface area contributed by atoms with E-state index in [-0.39, 0.29) is 5.56 Å². The third kappa shape index (κ3) is 1.95. The van der Waals surface area contributed by atoms with Gasteiger partial charge >= 0.3 is 0 Å². The minimum Gasteiger partial charge on any atom is -0.328 e. The molecule has 1 heterocycles. The Morgan fingerprint density at radius 1 is 1.20 bits per heavy atom. The van der Waals surface area contributed by atoms with E-state index >= 15 is 0 Å². The van der Waals surface area contributed by atoms with Gasteiger partial charge in [-0.3, -0.25) is 4.79 Å². The maximum atomic E-state index is 10.9. The van der Waals surface area contributed by atoms with Crippen molar-refractivity contribution in [1.29, 1.82) is 0 Å². The molecule has 0 aliphatic heterocycles. The van der Waals surface area contributed by atoms with Crippen molar-refractivity contribution in [2.24, 2.45) is 0 Å². The first-order valence-electron chi connectivity index (χ1n) is 4.63. The third-order valence-electron chi connectivity index (χ3n) is 2.36. The lowest BCUT2D eigenvalue weighted by molar-refractivity contribution is 1.24. The Morgan fingerprint density at radius 3 is 2.67 bits per heavy atom. The molecule has 0 bridgehead atoms. The Hall–Kier alpha value is -1.54. The van der Waals surface area contributed by atoms with Crippen LogP contribution < -0.4 is 5.56 Å². The van der Waals surface area contributed by atoms with E-state index in [0.717, 1.165) is 21.7 Å². The molecule has 0 amide bonds. The van der Waals surface area contributed by atoms with Crippen LogP contribution in [0.15, 0.2) is 41.3 Å². The zero-order chi connectivity index (χ0) is 10.8. The van der Waals surface area contributed by atoms with Crippen LogP contribution in [0, 0.1) is 6.92 Å². The number of benzene rings is 1. The van der Waals surface area contributed by atoms with Crippen molar-refractivity contribution in [3.8, 4) is 11.1 Å². The molecule has 0 unspecified atom stereocenters. The fraction of sp³-hybridized carbons (Fsp3) is 0.0833. The molecule has 0 fully saturated rings. The van der Waals surface area contributed by atoms with Crippen LogP contribution in [0.1, 0.15) is 5.56 Å². The van der Waals surface area contributed by atoms with Crippen molar-refractivity contribution in [2.45, 2.75) is 6.92 Å². The van der Waals surface area contributed by atoms with Crippen LogP contribution in [0.3, 0.4) is 0 Å². The van der Waals surface area contributed by atoms with Crippen molar-refractivity contribution >= 4 is 11.6 Å². The Balaban J connectivity index is 2.59. The fourth-order valence-electron chi connectivity index (χ4n) is 1.50. The van der Waals surface area contributed by atoms with Crippen LogP contribution in [0.25, 0.3) is 11.1 Å². The molecule has 2 aromatic rings. The average Bonchev–Trinajstić information content (AvgIpc) is 2.24. The first-order chi connectivity index (χ1) is 7.18. The summed E-state index contributed by atoms with van der Waals surface area (Å²) >= 11 is 6.02. The van der Waals surface area contributed by atoms with Gasteiger partial charge in [0.05, 0.1) is 0 Å². The van der Waals surface area contributed by atoms with E-state index < -0.39 is 0 Å². The van der Waals surface area contributed by atoms with Crippen molar-refractivity contribution < 1.29 is 0 Å². The number of halogens is 1. The maximum Gasteiger partial charge on any atom is 0.247 e. The van der Waals surface area contributed by atoms with E-state index in [1.165, 1.54) is 6.07 Å². The summed E-state index contributed by atoms with van der Waals surface area (Å²) in [6.07, 6.45) is 1.70. The van der Waals surface area contributed by atoms with E-state index in [0.29, 0.717) is 0 Å². The Bertz CT molecular complexity index is 525. The normalized spacial score (nSPS) is 10.3. The molecule has 0 saturated heterocycles. The summed E-state index contributed by atoms with van der Waals surface area (Å²) < 4.78 is 0. The minimum absolute atomic E-state index is 0.0987. The number of rotatable bonds is 1. The highest BCUT2D eigenvalue weighted by molar-refractivity contribution is 6.31. The highest BCUT2D eigenvalue weighted by Crippen LogP contribution is 2.26. The van der Waals surface area contributed by atoms with Crippen molar-refractivity contribution in [3.63, 3.8) is 0 Å². The smallest absolute Gasteiger partial charge is 0.247 e. The molecule has 1 aromatic carbocycles. The van der Waals surface area contributed by atoms with E-state index in [4.69, 9.17) is 11.6 Å². The molecule has 76 valence electrons. The number of H-pyrrole nitrogens is 1. The van der Waals surface area contributed by atoms with Crippen molar-refractivity contribution in [1.82, 2.24) is 4.98 Å². The molecule has 0 aliphatic rings. The molecular formula is C12H10ClNO. The SMILES string of the molecule is Cc1c(Cl)cccc1-c1ccc(=O)[nH]c1. The largest absolute Gasteiger partial charge is 0.328 e. The van der Waals surface area contributed by atoms with Gasteiger partial charge in [-0.15, -0.1) is 0 Å². The number of pyridine rings is 1. The number of aromatic amines is 1. The standard InChI is InChI=1S/C12H10ClNO/c1-8-10(3-2-4-11(8)13)9-5-6-12(15)14-7-9/h2-7H,1H3,(H,14,15). The first-order valence-corrected chi connectivity index (χ1v) is 5.00. The highest BCUT2D eigenvalue weighted by Gasteiger charge is 2.03. The van der Waals surface area contributed by atoms with Crippen LogP contribution in [-0.4, -0.2) is 4.98 Å². The van der Waals surface area contributed by atoms with Gasteiger partial charge in [0.1, 0.15) is 0 Å². The average molecular weight is 220 g/mol. The van der Waals surface area contributed by atoms with E-state index in [2.05, 4.69) is 4.98 Å². The predicted octanol–water partition coefficient (Wildman–Crippen LogP) is 3.00. The fourth-order valence-corrected chi connectivity index (χ4v) is 1.67. The molecule has 1 N–H and O–H groups in total. The van der Waals surface area contributed by atoms with Crippen LogP contribution in [0.5, 0.6) is 0 Å². The van der Waals surface area contributed by atoms with Gasteiger partial charge in [-0.1, -0.05) is 23.7 Å². The molecule has 2 rings (SSSR count). The van der Waals surface area contributed by atoms with Crippen LogP contribution in [0.2, 0.25) is 5.02 Å². The molecule has 1 aromatic heterocycles. The predicted molar refractivity (Wildman–Crippen MR) is 62.2 cm³/mol.